The summed E-state index contributed by atoms with van der Waals surface area (Å²) in [4.78, 5) is 9.14. The monoisotopic (exact) mass is 187 g/mol. The lowest BCUT2D eigenvalue weighted by Gasteiger charge is -2.07. The van der Waals surface area contributed by atoms with Crippen LogP contribution in [-0.2, 0) is 9.68 Å². The highest BCUT2D eigenvalue weighted by molar-refractivity contribution is 6.46. The summed E-state index contributed by atoms with van der Waals surface area (Å²) in [5.41, 5.74) is 3.35. The first-order valence-electron chi connectivity index (χ1n) is 3.45. The third kappa shape index (κ3) is 3.57. The second-order valence-corrected chi connectivity index (χ2v) is 2.09. The minimum atomic E-state index is 0.274. The third-order valence-corrected chi connectivity index (χ3v) is 1.19. The molecule has 0 unspecified atom stereocenters. The molecule has 0 aliphatic carbocycles. The zero-order chi connectivity index (χ0) is 10.3. The highest BCUT2D eigenvalue weighted by Gasteiger charge is 2.09. The summed E-state index contributed by atoms with van der Waals surface area (Å²) in [6, 6.07) is 0. The number of nitrogens with one attached hydrogen (secondary N) is 1. The summed E-state index contributed by atoms with van der Waals surface area (Å²) in [6.07, 6.45) is 0. The topological polar surface area (TPSA) is 75.4 Å². The van der Waals surface area contributed by atoms with Crippen LogP contribution >= 0.6 is 0 Å². The molecule has 0 aliphatic rings. The molecule has 0 bridgehead atoms. The molecule has 0 rings (SSSR count). The van der Waals surface area contributed by atoms with Crippen molar-refractivity contribution in [1.29, 1.82) is 0 Å². The molecule has 0 atom stereocenters. The lowest BCUT2D eigenvalue weighted by molar-refractivity contribution is 0.122. The predicted octanol–water partition coefficient (Wildman–Crippen LogP) is 0.504. The van der Waals surface area contributed by atoms with Gasteiger partial charge in [-0.3, -0.25) is 10.3 Å². The smallest absolute Gasteiger partial charge is 0.152 e. The van der Waals surface area contributed by atoms with Crippen LogP contribution in [0.15, 0.2) is 22.6 Å². The van der Waals surface area contributed by atoms with E-state index in [1.54, 1.807) is 6.92 Å². The van der Waals surface area contributed by atoms with Crippen LogP contribution < -0.4 is 5.48 Å². The van der Waals surface area contributed by atoms with E-state index in [0.29, 0.717) is 5.70 Å². The number of hydrogen-bond donors (Lipinski definition) is 2. The highest BCUT2D eigenvalue weighted by atomic mass is 16.6. The highest BCUT2D eigenvalue weighted by Crippen LogP contribution is 1.95. The van der Waals surface area contributed by atoms with Crippen molar-refractivity contribution in [2.24, 2.45) is 10.3 Å². The Labute approximate surface area is 76.5 Å². The van der Waals surface area contributed by atoms with Crippen LogP contribution in [0.25, 0.3) is 0 Å². The molecule has 0 saturated heterocycles. The second kappa shape index (κ2) is 6.01. The van der Waals surface area contributed by atoms with E-state index < -0.39 is 0 Å². The molecule has 0 heterocycles. The van der Waals surface area contributed by atoms with Crippen molar-refractivity contribution < 1.29 is 14.9 Å². The molecule has 0 radical (unpaired) electrons. The van der Waals surface area contributed by atoms with Crippen LogP contribution in [0.1, 0.15) is 6.92 Å². The molecule has 2 N–H and O–H groups in total. The average Bonchev–Trinajstić information content (AvgIpc) is 2.13. The number of oxime groups is 2. The van der Waals surface area contributed by atoms with Crippen molar-refractivity contribution in [3.63, 3.8) is 0 Å². The van der Waals surface area contributed by atoms with Gasteiger partial charge in [0.15, 0.2) is 5.71 Å². The van der Waals surface area contributed by atoms with Crippen molar-refractivity contribution >= 4 is 11.4 Å². The van der Waals surface area contributed by atoms with Gasteiger partial charge in [0.05, 0.1) is 12.8 Å². The van der Waals surface area contributed by atoms with Crippen molar-refractivity contribution in [2.75, 3.05) is 14.2 Å². The molecule has 0 aromatic carbocycles. The molecule has 6 nitrogen and oxygen atoms in total. The van der Waals surface area contributed by atoms with Crippen molar-refractivity contribution in [3.05, 3.63) is 12.3 Å². The normalized spacial score (nSPS) is 12.5. The Kier molecular flexibility index (Phi) is 5.29. The maximum Gasteiger partial charge on any atom is 0.152 e. The van der Waals surface area contributed by atoms with Crippen molar-refractivity contribution in [2.45, 2.75) is 6.92 Å². The van der Waals surface area contributed by atoms with Gasteiger partial charge in [0, 0.05) is 0 Å². The second-order valence-electron chi connectivity index (χ2n) is 2.09. The summed E-state index contributed by atoms with van der Waals surface area (Å²) in [5.74, 6) is 0. The first kappa shape index (κ1) is 11.4. The van der Waals surface area contributed by atoms with E-state index in [-0.39, 0.29) is 11.4 Å². The fourth-order valence-corrected chi connectivity index (χ4v) is 0.650. The Bertz CT molecular complexity index is 235. The van der Waals surface area contributed by atoms with E-state index in [2.05, 4.69) is 32.0 Å². The van der Waals surface area contributed by atoms with Crippen LogP contribution in [0.3, 0.4) is 0 Å². The molecular formula is C7H13N3O3. The number of hydrogen-bond acceptors (Lipinski definition) is 6. The van der Waals surface area contributed by atoms with Gasteiger partial charge < -0.3 is 10.0 Å². The summed E-state index contributed by atoms with van der Waals surface area (Å²) < 4.78 is 0. The molecular weight excluding hydrogens is 174 g/mol. The molecule has 6 heteroatoms. The van der Waals surface area contributed by atoms with E-state index in [9.17, 15) is 0 Å². The van der Waals surface area contributed by atoms with Gasteiger partial charge in [-0.1, -0.05) is 16.9 Å². The van der Waals surface area contributed by atoms with Crippen LogP contribution in [0.2, 0.25) is 0 Å². The minimum absolute atomic E-state index is 0.274. The van der Waals surface area contributed by atoms with E-state index in [4.69, 9.17) is 5.21 Å². The van der Waals surface area contributed by atoms with Gasteiger partial charge in [-0.2, -0.15) is 0 Å². The van der Waals surface area contributed by atoms with E-state index >= 15 is 0 Å². The molecule has 0 aromatic rings. The number of allylic oxidation sites excluding steroid dienone is 1. The largest absolute Gasteiger partial charge is 0.411 e. The Morgan fingerprint density at radius 1 is 1.46 bits per heavy atom. The Balaban J connectivity index is 4.62. The zero-order valence-corrected chi connectivity index (χ0v) is 7.87. The van der Waals surface area contributed by atoms with Gasteiger partial charge >= 0.3 is 0 Å². The molecule has 0 amide bonds. The predicted molar refractivity (Wildman–Crippen MR) is 48.6 cm³/mol. The molecule has 13 heavy (non-hydrogen) atoms. The van der Waals surface area contributed by atoms with Crippen LogP contribution in [-0.4, -0.2) is 30.9 Å². The van der Waals surface area contributed by atoms with E-state index in [1.165, 1.54) is 14.2 Å². The van der Waals surface area contributed by atoms with Gasteiger partial charge in [-0.15, -0.1) is 0 Å². The average molecular weight is 187 g/mol. The van der Waals surface area contributed by atoms with Gasteiger partial charge in [0.2, 0.25) is 0 Å². The lowest BCUT2D eigenvalue weighted by Crippen LogP contribution is -2.24. The van der Waals surface area contributed by atoms with Gasteiger partial charge in [0.1, 0.15) is 12.8 Å². The fourth-order valence-electron chi connectivity index (χ4n) is 0.650. The number of nitrogens with zero attached hydrogens (tertiary/aromatic N) is 2. The maximum absolute atomic E-state index is 8.49. The molecule has 0 aliphatic heterocycles. The van der Waals surface area contributed by atoms with Gasteiger partial charge in [-0.25, -0.2) is 0 Å². The lowest BCUT2D eigenvalue weighted by atomic mass is 10.2. The first-order chi connectivity index (χ1) is 6.17. The van der Waals surface area contributed by atoms with E-state index in [0.717, 1.165) is 0 Å². The zero-order valence-electron chi connectivity index (χ0n) is 7.87. The summed E-state index contributed by atoms with van der Waals surface area (Å²) in [5, 5.41) is 15.0. The van der Waals surface area contributed by atoms with Crippen LogP contribution in [0.4, 0.5) is 0 Å². The van der Waals surface area contributed by atoms with Gasteiger partial charge in [0.25, 0.3) is 0 Å². The Morgan fingerprint density at radius 2 is 2.08 bits per heavy atom. The molecule has 0 saturated carbocycles. The number of hydroxylamine groups is 1. The quantitative estimate of drug-likeness (QED) is 0.373. The summed E-state index contributed by atoms with van der Waals surface area (Å²) in [7, 11) is 2.81. The molecule has 74 valence electrons. The van der Waals surface area contributed by atoms with E-state index in [1.807, 2.05) is 0 Å². The third-order valence-electron chi connectivity index (χ3n) is 1.19. The maximum atomic E-state index is 8.49. The molecule has 0 aromatic heterocycles. The fraction of sp³-hybridized carbons (Fsp3) is 0.429. The SMILES string of the molecule is C=C(NOC)C(=NOC)C(C)=NO. The molecule has 0 fully saturated rings. The summed E-state index contributed by atoms with van der Waals surface area (Å²) in [6.45, 7) is 5.15. The van der Waals surface area contributed by atoms with Crippen molar-refractivity contribution in [1.82, 2.24) is 5.48 Å². The molecule has 0 spiro atoms. The minimum Gasteiger partial charge on any atom is -0.411 e. The standard InChI is InChI=1S/C7H13N3O3/c1-5(8-11)7(10-13-4)6(2)9-12-3/h9,11H,2H2,1,3-4H3. The van der Waals surface area contributed by atoms with Crippen LogP contribution in [0.5, 0.6) is 0 Å². The van der Waals surface area contributed by atoms with Crippen molar-refractivity contribution in [3.8, 4) is 0 Å². The first-order valence-corrected chi connectivity index (χ1v) is 3.45. The van der Waals surface area contributed by atoms with Crippen LogP contribution in [0, 0.1) is 0 Å². The summed E-state index contributed by atoms with van der Waals surface area (Å²) >= 11 is 0. The number of rotatable bonds is 5. The Morgan fingerprint density at radius 3 is 2.46 bits per heavy atom. The Hall–Kier alpha value is -1.56. The van der Waals surface area contributed by atoms with Gasteiger partial charge in [-0.05, 0) is 6.92 Å².